The second-order valence-corrected chi connectivity index (χ2v) is 5.51. The lowest BCUT2D eigenvalue weighted by Crippen LogP contribution is -2.46. The number of piperidine rings is 1. The number of hydrogen-bond acceptors (Lipinski definition) is 4. The number of rotatable bonds is 4. The summed E-state index contributed by atoms with van der Waals surface area (Å²) in [7, 11) is 0. The largest absolute Gasteiger partial charge is 0.573 e. The van der Waals surface area contributed by atoms with Crippen LogP contribution in [0.3, 0.4) is 0 Å². The van der Waals surface area contributed by atoms with E-state index >= 15 is 0 Å². The highest BCUT2D eigenvalue weighted by atomic mass is 19.4. The molecule has 1 N–H and O–H groups in total. The van der Waals surface area contributed by atoms with Crippen molar-refractivity contribution in [1.82, 2.24) is 10.2 Å². The van der Waals surface area contributed by atoms with E-state index in [1.54, 1.807) is 11.8 Å². The maximum Gasteiger partial charge on any atom is 0.573 e. The highest BCUT2D eigenvalue weighted by Gasteiger charge is 2.31. The molecule has 1 heterocycles. The first-order valence-electron chi connectivity index (χ1n) is 7.87. The normalized spacial score (nSPS) is 15.6. The van der Waals surface area contributed by atoms with Crippen molar-refractivity contribution in [3.8, 4) is 5.75 Å². The van der Waals surface area contributed by atoms with Gasteiger partial charge in [-0.2, -0.15) is 0 Å². The number of carbonyl (C=O) groups is 2. The third-order valence-electron chi connectivity index (χ3n) is 3.71. The Morgan fingerprint density at radius 2 is 1.80 bits per heavy atom. The van der Waals surface area contributed by atoms with Gasteiger partial charge in [-0.05, 0) is 44.0 Å². The van der Waals surface area contributed by atoms with Crippen LogP contribution >= 0.6 is 0 Å². The van der Waals surface area contributed by atoms with Gasteiger partial charge >= 0.3 is 12.5 Å². The summed E-state index contributed by atoms with van der Waals surface area (Å²) < 4.78 is 45.0. The minimum Gasteiger partial charge on any atom is -0.450 e. The molecule has 1 aliphatic heterocycles. The van der Waals surface area contributed by atoms with Crippen molar-refractivity contribution in [3.63, 3.8) is 0 Å². The van der Waals surface area contributed by atoms with Crippen LogP contribution in [0.4, 0.5) is 18.0 Å². The Bertz CT molecular complexity index is 596. The van der Waals surface area contributed by atoms with Crippen LogP contribution < -0.4 is 10.1 Å². The van der Waals surface area contributed by atoms with Crippen LogP contribution in [-0.4, -0.2) is 49.0 Å². The summed E-state index contributed by atoms with van der Waals surface area (Å²) in [6, 6.07) is 4.61. The molecule has 0 atom stereocenters. The molecular formula is C16H19F3N2O4. The molecule has 1 aliphatic rings. The molecule has 0 aliphatic carbocycles. The molecule has 138 valence electrons. The molecule has 1 aromatic carbocycles. The number of likely N-dealkylation sites (tertiary alicyclic amines) is 1. The highest BCUT2D eigenvalue weighted by Crippen LogP contribution is 2.23. The first-order valence-corrected chi connectivity index (χ1v) is 7.87. The van der Waals surface area contributed by atoms with E-state index in [1.165, 1.54) is 12.1 Å². The minimum atomic E-state index is -4.77. The molecule has 9 heteroatoms. The standard InChI is InChI=1S/C16H19F3N2O4/c1-2-24-15(23)21-9-7-12(8-10-21)20-14(22)11-3-5-13(6-4-11)25-16(17,18)19/h3-6,12H,2,7-10H2,1H3,(H,20,22). The van der Waals surface area contributed by atoms with Gasteiger partial charge in [0, 0.05) is 24.7 Å². The SMILES string of the molecule is CCOC(=O)N1CCC(NC(=O)c2ccc(OC(F)(F)F)cc2)CC1. The van der Waals surface area contributed by atoms with E-state index in [0.717, 1.165) is 12.1 Å². The molecule has 6 nitrogen and oxygen atoms in total. The lowest BCUT2D eigenvalue weighted by atomic mass is 10.0. The Morgan fingerprint density at radius 1 is 1.20 bits per heavy atom. The van der Waals surface area contributed by atoms with Gasteiger partial charge in [-0.15, -0.1) is 13.2 Å². The Balaban J connectivity index is 1.83. The summed E-state index contributed by atoms with van der Waals surface area (Å²) in [6.07, 6.45) is -3.97. The summed E-state index contributed by atoms with van der Waals surface area (Å²) in [4.78, 5) is 25.3. The topological polar surface area (TPSA) is 67.9 Å². The molecule has 0 unspecified atom stereocenters. The fraction of sp³-hybridized carbons (Fsp3) is 0.500. The van der Waals surface area contributed by atoms with Crippen molar-refractivity contribution in [1.29, 1.82) is 0 Å². The van der Waals surface area contributed by atoms with E-state index in [2.05, 4.69) is 10.1 Å². The molecule has 2 rings (SSSR count). The number of nitrogens with one attached hydrogen (secondary N) is 1. The molecule has 2 amide bonds. The van der Waals surface area contributed by atoms with E-state index in [4.69, 9.17) is 4.74 Å². The predicted octanol–water partition coefficient (Wildman–Crippen LogP) is 2.94. The molecule has 0 saturated carbocycles. The Morgan fingerprint density at radius 3 is 2.32 bits per heavy atom. The average molecular weight is 360 g/mol. The van der Waals surface area contributed by atoms with Crippen molar-refractivity contribution < 1.29 is 32.2 Å². The lowest BCUT2D eigenvalue weighted by molar-refractivity contribution is -0.274. The third-order valence-corrected chi connectivity index (χ3v) is 3.71. The number of benzene rings is 1. The molecule has 1 aromatic rings. The smallest absolute Gasteiger partial charge is 0.450 e. The van der Waals surface area contributed by atoms with Gasteiger partial charge in [-0.1, -0.05) is 0 Å². The number of carbonyl (C=O) groups excluding carboxylic acids is 2. The van der Waals surface area contributed by atoms with Crippen molar-refractivity contribution in [3.05, 3.63) is 29.8 Å². The molecule has 1 fully saturated rings. The van der Waals surface area contributed by atoms with Crippen LogP contribution in [0.25, 0.3) is 0 Å². The van der Waals surface area contributed by atoms with Gasteiger partial charge in [0.1, 0.15) is 5.75 Å². The summed E-state index contributed by atoms with van der Waals surface area (Å²) >= 11 is 0. The number of ether oxygens (including phenoxy) is 2. The Hall–Kier alpha value is -2.45. The molecule has 0 bridgehead atoms. The Kier molecular flexibility index (Phi) is 6.11. The average Bonchev–Trinajstić information content (AvgIpc) is 2.55. The van der Waals surface area contributed by atoms with Gasteiger partial charge in [0.2, 0.25) is 0 Å². The van der Waals surface area contributed by atoms with Crippen LogP contribution in [-0.2, 0) is 4.74 Å². The molecular weight excluding hydrogens is 341 g/mol. The fourth-order valence-corrected chi connectivity index (χ4v) is 2.50. The minimum absolute atomic E-state index is 0.107. The first-order chi connectivity index (χ1) is 11.8. The fourth-order valence-electron chi connectivity index (χ4n) is 2.50. The molecule has 25 heavy (non-hydrogen) atoms. The summed E-state index contributed by atoms with van der Waals surface area (Å²) in [6.45, 7) is 2.99. The van der Waals surface area contributed by atoms with Gasteiger partial charge in [-0.25, -0.2) is 4.79 Å². The van der Waals surface area contributed by atoms with Crippen molar-refractivity contribution in [2.75, 3.05) is 19.7 Å². The quantitative estimate of drug-likeness (QED) is 0.897. The highest BCUT2D eigenvalue weighted by molar-refractivity contribution is 5.94. The lowest BCUT2D eigenvalue weighted by Gasteiger charge is -2.31. The molecule has 0 radical (unpaired) electrons. The van der Waals surface area contributed by atoms with Crippen molar-refractivity contribution in [2.45, 2.75) is 32.2 Å². The molecule has 1 saturated heterocycles. The maximum absolute atomic E-state index is 12.1. The number of alkyl halides is 3. The number of amides is 2. The van der Waals surface area contributed by atoms with Crippen LogP contribution in [0.1, 0.15) is 30.1 Å². The first kappa shape index (κ1) is 18.9. The van der Waals surface area contributed by atoms with Crippen molar-refractivity contribution in [2.24, 2.45) is 0 Å². The molecule has 0 spiro atoms. The second-order valence-electron chi connectivity index (χ2n) is 5.51. The zero-order valence-corrected chi connectivity index (χ0v) is 13.6. The van der Waals surface area contributed by atoms with E-state index in [-0.39, 0.29) is 29.4 Å². The van der Waals surface area contributed by atoms with E-state index in [1.807, 2.05) is 0 Å². The van der Waals surface area contributed by atoms with Gasteiger partial charge in [0.25, 0.3) is 5.91 Å². The van der Waals surface area contributed by atoms with Crippen LogP contribution in [0.15, 0.2) is 24.3 Å². The van der Waals surface area contributed by atoms with Crippen LogP contribution in [0, 0.1) is 0 Å². The monoisotopic (exact) mass is 360 g/mol. The number of halogens is 3. The molecule has 0 aromatic heterocycles. The third kappa shape index (κ3) is 5.84. The number of nitrogens with zero attached hydrogens (tertiary/aromatic N) is 1. The van der Waals surface area contributed by atoms with E-state index in [0.29, 0.717) is 32.5 Å². The van der Waals surface area contributed by atoms with Gasteiger partial charge in [0.05, 0.1) is 6.61 Å². The zero-order chi connectivity index (χ0) is 18.4. The summed E-state index contributed by atoms with van der Waals surface area (Å²) in [5, 5.41) is 2.81. The zero-order valence-electron chi connectivity index (χ0n) is 13.6. The predicted molar refractivity (Wildman–Crippen MR) is 82.2 cm³/mol. The van der Waals surface area contributed by atoms with Crippen LogP contribution in [0.2, 0.25) is 0 Å². The number of hydrogen-bond donors (Lipinski definition) is 1. The summed E-state index contributed by atoms with van der Waals surface area (Å²) in [5.74, 6) is -0.764. The van der Waals surface area contributed by atoms with Gasteiger partial charge in [0.15, 0.2) is 0 Å². The van der Waals surface area contributed by atoms with Gasteiger partial charge < -0.3 is 19.7 Å². The van der Waals surface area contributed by atoms with E-state index in [9.17, 15) is 22.8 Å². The summed E-state index contributed by atoms with van der Waals surface area (Å²) in [5.41, 5.74) is 0.238. The second kappa shape index (κ2) is 8.09. The van der Waals surface area contributed by atoms with E-state index < -0.39 is 6.36 Å². The van der Waals surface area contributed by atoms with Crippen molar-refractivity contribution >= 4 is 12.0 Å². The Labute approximate surface area is 142 Å². The maximum atomic E-state index is 12.1. The van der Waals surface area contributed by atoms with Gasteiger partial charge in [-0.3, -0.25) is 4.79 Å². The van der Waals surface area contributed by atoms with Crippen LogP contribution in [0.5, 0.6) is 5.75 Å².